The standard InChI is InChI=1S/C18H27N3O2S2/c1-3-14(2)15-4-8-17(9-5-15)25(22,23)21-12-10-20(11-13-21)18(24)19-16-6-7-16/h4-5,8-9,14,16H,3,6-7,10-13H2,1-2H3,(H,19,24)/t14-/m0/s1. The van der Waals surface area contributed by atoms with Gasteiger partial charge in [-0.05, 0) is 55.1 Å². The minimum absolute atomic E-state index is 0.381. The number of hydrogen-bond donors (Lipinski definition) is 1. The zero-order valence-electron chi connectivity index (χ0n) is 14.9. The first kappa shape index (κ1) is 18.6. The molecule has 1 aromatic carbocycles. The van der Waals surface area contributed by atoms with Gasteiger partial charge in [0.2, 0.25) is 10.0 Å². The van der Waals surface area contributed by atoms with Gasteiger partial charge in [0.25, 0.3) is 0 Å². The minimum Gasteiger partial charge on any atom is -0.360 e. The summed E-state index contributed by atoms with van der Waals surface area (Å²) in [5.74, 6) is 0.445. The summed E-state index contributed by atoms with van der Waals surface area (Å²) >= 11 is 5.41. The van der Waals surface area contributed by atoms with Gasteiger partial charge in [0.05, 0.1) is 4.90 Å². The van der Waals surface area contributed by atoms with Gasteiger partial charge < -0.3 is 10.2 Å². The van der Waals surface area contributed by atoms with E-state index in [1.807, 2.05) is 12.1 Å². The molecule has 138 valence electrons. The summed E-state index contributed by atoms with van der Waals surface area (Å²) in [4.78, 5) is 2.46. The van der Waals surface area contributed by atoms with Crippen LogP contribution in [0.15, 0.2) is 29.2 Å². The maximum atomic E-state index is 12.9. The largest absolute Gasteiger partial charge is 0.360 e. The molecule has 1 aliphatic carbocycles. The first-order valence-corrected chi connectivity index (χ1v) is 10.9. The third kappa shape index (κ3) is 4.33. The molecule has 0 amide bonds. The van der Waals surface area contributed by atoms with Crippen LogP contribution in [0.3, 0.4) is 0 Å². The van der Waals surface area contributed by atoms with Gasteiger partial charge in [-0.25, -0.2) is 8.42 Å². The van der Waals surface area contributed by atoms with Crippen molar-refractivity contribution in [2.75, 3.05) is 26.2 Å². The van der Waals surface area contributed by atoms with Crippen molar-refractivity contribution in [3.05, 3.63) is 29.8 Å². The Morgan fingerprint density at radius 1 is 1.20 bits per heavy atom. The van der Waals surface area contributed by atoms with E-state index in [9.17, 15) is 8.42 Å². The zero-order valence-corrected chi connectivity index (χ0v) is 16.6. The third-order valence-corrected chi connectivity index (χ3v) is 7.42. The normalized spacial score (nSPS) is 20.3. The summed E-state index contributed by atoms with van der Waals surface area (Å²) in [7, 11) is -3.43. The van der Waals surface area contributed by atoms with Gasteiger partial charge in [-0.1, -0.05) is 26.0 Å². The van der Waals surface area contributed by atoms with Crippen molar-refractivity contribution in [2.24, 2.45) is 0 Å². The highest BCUT2D eigenvalue weighted by atomic mass is 32.2. The Labute approximate surface area is 156 Å². The second-order valence-electron chi connectivity index (χ2n) is 6.99. The SMILES string of the molecule is CC[C@H](C)c1ccc(S(=O)(=O)N2CCN(C(=S)NC3CC3)CC2)cc1. The fourth-order valence-corrected chi connectivity index (χ4v) is 4.75. The molecule has 7 heteroatoms. The van der Waals surface area contributed by atoms with Crippen LogP contribution in [0, 0.1) is 0 Å². The summed E-state index contributed by atoms with van der Waals surface area (Å²) in [6.07, 6.45) is 3.41. The van der Waals surface area contributed by atoms with Crippen molar-refractivity contribution >= 4 is 27.4 Å². The summed E-state index contributed by atoms with van der Waals surface area (Å²) in [6, 6.07) is 7.88. The zero-order chi connectivity index (χ0) is 18.0. The smallest absolute Gasteiger partial charge is 0.243 e. The Bertz CT molecular complexity index is 706. The minimum atomic E-state index is -3.43. The van der Waals surface area contributed by atoms with Crippen LogP contribution in [-0.2, 0) is 10.0 Å². The van der Waals surface area contributed by atoms with E-state index in [4.69, 9.17) is 12.2 Å². The molecule has 1 N–H and O–H groups in total. The quantitative estimate of drug-likeness (QED) is 0.795. The maximum absolute atomic E-state index is 12.9. The molecular weight excluding hydrogens is 354 g/mol. The Morgan fingerprint density at radius 2 is 1.80 bits per heavy atom. The average molecular weight is 382 g/mol. The highest BCUT2D eigenvalue weighted by molar-refractivity contribution is 7.89. The third-order valence-electron chi connectivity index (χ3n) is 5.13. The number of sulfonamides is 1. The molecule has 0 unspecified atom stereocenters. The lowest BCUT2D eigenvalue weighted by molar-refractivity contribution is 0.264. The Balaban J connectivity index is 1.62. The molecule has 0 bridgehead atoms. The number of nitrogens with zero attached hydrogens (tertiary/aromatic N) is 2. The van der Waals surface area contributed by atoms with E-state index in [0.717, 1.165) is 11.5 Å². The molecule has 1 saturated carbocycles. The van der Waals surface area contributed by atoms with Crippen LogP contribution in [0.4, 0.5) is 0 Å². The predicted molar refractivity (Wildman–Crippen MR) is 104 cm³/mol. The van der Waals surface area contributed by atoms with Gasteiger partial charge in [-0.15, -0.1) is 0 Å². The molecule has 1 aromatic rings. The number of piperazine rings is 1. The Kier molecular flexibility index (Phi) is 5.65. The van der Waals surface area contributed by atoms with E-state index in [2.05, 4.69) is 24.1 Å². The second kappa shape index (κ2) is 7.60. The lowest BCUT2D eigenvalue weighted by atomic mass is 9.99. The number of nitrogens with one attached hydrogen (secondary N) is 1. The summed E-state index contributed by atoms with van der Waals surface area (Å²) < 4.78 is 27.3. The van der Waals surface area contributed by atoms with Crippen LogP contribution in [0.5, 0.6) is 0 Å². The molecule has 3 rings (SSSR count). The van der Waals surface area contributed by atoms with E-state index < -0.39 is 10.0 Å². The van der Waals surface area contributed by atoms with Crippen molar-refractivity contribution in [1.82, 2.24) is 14.5 Å². The predicted octanol–water partition coefficient (Wildman–Crippen LogP) is 2.54. The summed E-state index contributed by atoms with van der Waals surface area (Å²) in [5.41, 5.74) is 1.18. The van der Waals surface area contributed by atoms with Gasteiger partial charge in [0.15, 0.2) is 5.11 Å². The van der Waals surface area contributed by atoms with Gasteiger partial charge in [0.1, 0.15) is 0 Å². The maximum Gasteiger partial charge on any atom is 0.243 e. The molecule has 2 fully saturated rings. The summed E-state index contributed by atoms with van der Waals surface area (Å²) in [5, 5.41) is 4.08. The first-order valence-electron chi connectivity index (χ1n) is 9.07. The fourth-order valence-electron chi connectivity index (χ4n) is 2.98. The molecule has 1 saturated heterocycles. The van der Waals surface area contributed by atoms with Gasteiger partial charge in [-0.2, -0.15) is 4.31 Å². The van der Waals surface area contributed by atoms with E-state index in [1.165, 1.54) is 18.4 Å². The van der Waals surface area contributed by atoms with Crippen molar-refractivity contribution in [3.63, 3.8) is 0 Å². The average Bonchev–Trinajstić information content (AvgIpc) is 3.45. The van der Waals surface area contributed by atoms with E-state index >= 15 is 0 Å². The van der Waals surface area contributed by atoms with Crippen molar-refractivity contribution in [2.45, 2.75) is 50.0 Å². The van der Waals surface area contributed by atoms with Gasteiger partial charge in [-0.3, -0.25) is 0 Å². The van der Waals surface area contributed by atoms with Crippen LogP contribution in [0.1, 0.15) is 44.6 Å². The lowest BCUT2D eigenvalue weighted by Gasteiger charge is -2.35. The van der Waals surface area contributed by atoms with Gasteiger partial charge in [0, 0.05) is 32.2 Å². The number of rotatable bonds is 5. The number of benzene rings is 1. The molecule has 2 aliphatic rings. The molecule has 0 spiro atoms. The lowest BCUT2D eigenvalue weighted by Crippen LogP contribution is -2.53. The van der Waals surface area contributed by atoms with E-state index in [0.29, 0.717) is 43.0 Å². The fraction of sp³-hybridized carbons (Fsp3) is 0.611. The molecule has 0 aromatic heterocycles. The highest BCUT2D eigenvalue weighted by Gasteiger charge is 2.30. The topological polar surface area (TPSA) is 52.7 Å². The van der Waals surface area contributed by atoms with Crippen LogP contribution < -0.4 is 5.32 Å². The molecule has 1 atom stereocenters. The molecule has 0 radical (unpaired) electrons. The second-order valence-corrected chi connectivity index (χ2v) is 9.32. The van der Waals surface area contributed by atoms with Crippen LogP contribution >= 0.6 is 12.2 Å². The van der Waals surface area contributed by atoms with Crippen molar-refractivity contribution in [1.29, 1.82) is 0 Å². The number of thiocarbonyl (C=S) groups is 1. The molecule has 1 heterocycles. The summed E-state index contributed by atoms with van der Waals surface area (Å²) in [6.45, 7) is 6.52. The van der Waals surface area contributed by atoms with Crippen LogP contribution in [-0.4, -0.2) is 55.0 Å². The van der Waals surface area contributed by atoms with E-state index in [1.54, 1.807) is 16.4 Å². The van der Waals surface area contributed by atoms with E-state index in [-0.39, 0.29) is 0 Å². The van der Waals surface area contributed by atoms with Crippen molar-refractivity contribution < 1.29 is 8.42 Å². The first-order chi connectivity index (χ1) is 11.9. The van der Waals surface area contributed by atoms with Crippen LogP contribution in [0.25, 0.3) is 0 Å². The molecule has 1 aliphatic heterocycles. The molecular formula is C18H27N3O2S2. The van der Waals surface area contributed by atoms with Crippen LogP contribution in [0.2, 0.25) is 0 Å². The Hall–Kier alpha value is -1.18. The van der Waals surface area contributed by atoms with Crippen molar-refractivity contribution in [3.8, 4) is 0 Å². The number of hydrogen-bond acceptors (Lipinski definition) is 3. The monoisotopic (exact) mass is 381 g/mol. The Morgan fingerprint density at radius 3 is 2.32 bits per heavy atom. The molecule has 5 nitrogen and oxygen atoms in total. The molecule has 25 heavy (non-hydrogen) atoms. The highest BCUT2D eigenvalue weighted by Crippen LogP contribution is 2.23. The van der Waals surface area contributed by atoms with Gasteiger partial charge >= 0.3 is 0 Å².